The molecule has 0 aliphatic rings. The molecule has 10 heavy (non-hydrogen) atoms. The molecule has 0 fully saturated rings. The van der Waals surface area contributed by atoms with Crippen molar-refractivity contribution in [2.24, 2.45) is 5.41 Å². The van der Waals surface area contributed by atoms with Crippen molar-refractivity contribution in [3.63, 3.8) is 0 Å². The van der Waals surface area contributed by atoms with Crippen molar-refractivity contribution in [2.45, 2.75) is 47.1 Å². The van der Waals surface area contributed by atoms with Crippen LogP contribution in [-0.2, 0) is 4.74 Å². The molecule has 0 amide bonds. The normalized spacial score (nSPS) is 15.3. The van der Waals surface area contributed by atoms with E-state index in [9.17, 15) is 0 Å². The second kappa shape index (κ2) is 3.97. The minimum absolute atomic E-state index is 0.309. The molecule has 0 aliphatic heterocycles. The zero-order valence-corrected chi connectivity index (χ0v) is 7.90. The third-order valence-electron chi connectivity index (χ3n) is 1.38. The Bertz CT molecular complexity index is 81.2. The maximum atomic E-state index is 5.56. The van der Waals surface area contributed by atoms with Gasteiger partial charge in [-0.3, -0.25) is 0 Å². The van der Waals surface area contributed by atoms with Gasteiger partial charge in [-0.1, -0.05) is 27.7 Å². The van der Waals surface area contributed by atoms with Crippen molar-refractivity contribution in [3.8, 4) is 0 Å². The molecule has 0 rings (SSSR count). The van der Waals surface area contributed by atoms with Gasteiger partial charge in [0.05, 0.1) is 12.7 Å². The van der Waals surface area contributed by atoms with E-state index in [1.165, 1.54) is 0 Å². The summed E-state index contributed by atoms with van der Waals surface area (Å²) in [6.45, 7) is 11.7. The van der Waals surface area contributed by atoms with Gasteiger partial charge in [0.2, 0.25) is 0 Å². The molecule has 0 bridgehead atoms. The van der Waals surface area contributed by atoms with Gasteiger partial charge >= 0.3 is 0 Å². The number of ether oxygens (including phenoxy) is 1. The van der Waals surface area contributed by atoms with E-state index >= 15 is 0 Å². The summed E-state index contributed by atoms with van der Waals surface area (Å²) in [5, 5.41) is 0. The summed E-state index contributed by atoms with van der Waals surface area (Å²) < 4.78 is 5.56. The van der Waals surface area contributed by atoms with Crippen molar-refractivity contribution >= 4 is 0 Å². The van der Waals surface area contributed by atoms with Crippen LogP contribution in [0.2, 0.25) is 0 Å². The zero-order valence-electron chi connectivity index (χ0n) is 7.90. The topological polar surface area (TPSA) is 9.23 Å². The maximum absolute atomic E-state index is 5.56. The SMILES string of the molecule is CCC(C)OCC(C)(C)C. The quantitative estimate of drug-likeness (QED) is 0.592. The largest absolute Gasteiger partial charge is 0.378 e. The first-order chi connectivity index (χ1) is 4.45. The first kappa shape index (κ1) is 9.96. The Kier molecular flexibility index (Phi) is 3.95. The van der Waals surface area contributed by atoms with Gasteiger partial charge in [0.1, 0.15) is 0 Å². The molecule has 1 nitrogen and oxygen atoms in total. The van der Waals surface area contributed by atoms with Crippen LogP contribution in [0.4, 0.5) is 0 Å². The molecule has 0 spiro atoms. The Morgan fingerprint density at radius 2 is 1.80 bits per heavy atom. The molecular formula is C9H20O. The van der Waals surface area contributed by atoms with E-state index < -0.39 is 0 Å². The van der Waals surface area contributed by atoms with Crippen LogP contribution in [0.3, 0.4) is 0 Å². The summed E-state index contributed by atoms with van der Waals surface area (Å²) in [5.41, 5.74) is 0.309. The predicted molar refractivity (Wildman–Crippen MR) is 45.2 cm³/mol. The monoisotopic (exact) mass is 144 g/mol. The summed E-state index contributed by atoms with van der Waals surface area (Å²) in [5.74, 6) is 0. The summed E-state index contributed by atoms with van der Waals surface area (Å²) in [4.78, 5) is 0. The lowest BCUT2D eigenvalue weighted by Gasteiger charge is -2.20. The van der Waals surface area contributed by atoms with Gasteiger partial charge < -0.3 is 4.74 Å². The van der Waals surface area contributed by atoms with Gasteiger partial charge in [0, 0.05) is 0 Å². The van der Waals surface area contributed by atoms with Crippen molar-refractivity contribution in [2.75, 3.05) is 6.61 Å². The van der Waals surface area contributed by atoms with E-state index in [2.05, 4.69) is 34.6 Å². The van der Waals surface area contributed by atoms with Crippen LogP contribution in [0.15, 0.2) is 0 Å². The molecule has 0 aromatic rings. The first-order valence-electron chi connectivity index (χ1n) is 4.07. The Morgan fingerprint density at radius 1 is 1.30 bits per heavy atom. The van der Waals surface area contributed by atoms with Crippen LogP contribution in [-0.4, -0.2) is 12.7 Å². The molecule has 0 aromatic heterocycles. The zero-order chi connectivity index (χ0) is 8.20. The molecule has 1 unspecified atom stereocenters. The fourth-order valence-electron chi connectivity index (χ4n) is 0.510. The smallest absolute Gasteiger partial charge is 0.0544 e. The fraction of sp³-hybridized carbons (Fsp3) is 1.00. The van der Waals surface area contributed by atoms with Gasteiger partial charge in [0.15, 0.2) is 0 Å². The maximum Gasteiger partial charge on any atom is 0.0544 e. The lowest BCUT2D eigenvalue weighted by molar-refractivity contribution is 0.0170. The summed E-state index contributed by atoms with van der Waals surface area (Å²) in [6.07, 6.45) is 1.52. The minimum atomic E-state index is 0.309. The van der Waals surface area contributed by atoms with Gasteiger partial charge in [-0.15, -0.1) is 0 Å². The molecule has 0 saturated heterocycles. The Morgan fingerprint density at radius 3 is 2.10 bits per heavy atom. The van der Waals surface area contributed by atoms with Crippen molar-refractivity contribution in [1.29, 1.82) is 0 Å². The molecule has 1 atom stereocenters. The van der Waals surface area contributed by atoms with Gasteiger partial charge in [0.25, 0.3) is 0 Å². The van der Waals surface area contributed by atoms with Crippen LogP contribution in [0.1, 0.15) is 41.0 Å². The highest BCUT2D eigenvalue weighted by Crippen LogP contribution is 2.14. The van der Waals surface area contributed by atoms with Crippen LogP contribution in [0.5, 0.6) is 0 Å². The molecule has 62 valence electrons. The van der Waals surface area contributed by atoms with Crippen LogP contribution < -0.4 is 0 Å². The highest BCUT2D eigenvalue weighted by atomic mass is 16.5. The second-order valence-electron chi connectivity index (χ2n) is 4.09. The van der Waals surface area contributed by atoms with E-state index in [-0.39, 0.29) is 0 Å². The molecule has 0 aromatic carbocycles. The van der Waals surface area contributed by atoms with E-state index in [1.54, 1.807) is 0 Å². The van der Waals surface area contributed by atoms with E-state index in [1.807, 2.05) is 0 Å². The average molecular weight is 144 g/mol. The highest BCUT2D eigenvalue weighted by Gasteiger charge is 2.11. The summed E-state index contributed by atoms with van der Waals surface area (Å²) in [6, 6.07) is 0. The lowest BCUT2D eigenvalue weighted by atomic mass is 9.98. The summed E-state index contributed by atoms with van der Waals surface area (Å²) >= 11 is 0. The standard InChI is InChI=1S/C9H20O/c1-6-8(2)10-7-9(3,4)5/h8H,6-7H2,1-5H3. The number of hydrogen-bond donors (Lipinski definition) is 0. The van der Waals surface area contributed by atoms with Crippen molar-refractivity contribution < 1.29 is 4.74 Å². The molecule has 0 heterocycles. The summed E-state index contributed by atoms with van der Waals surface area (Å²) in [7, 11) is 0. The third kappa shape index (κ3) is 6.09. The van der Waals surface area contributed by atoms with Crippen molar-refractivity contribution in [1.82, 2.24) is 0 Å². The molecule has 0 aliphatic carbocycles. The Hall–Kier alpha value is -0.0400. The van der Waals surface area contributed by atoms with Gasteiger partial charge in [-0.25, -0.2) is 0 Å². The van der Waals surface area contributed by atoms with Crippen LogP contribution in [0, 0.1) is 5.41 Å². The Labute approximate surface area is 64.8 Å². The molecular weight excluding hydrogens is 124 g/mol. The average Bonchev–Trinajstić information content (AvgIpc) is 1.81. The molecule has 1 heteroatoms. The first-order valence-corrected chi connectivity index (χ1v) is 4.07. The van der Waals surface area contributed by atoms with Crippen LogP contribution in [0.25, 0.3) is 0 Å². The fourth-order valence-corrected chi connectivity index (χ4v) is 0.510. The Balaban J connectivity index is 3.36. The number of rotatable bonds is 3. The van der Waals surface area contributed by atoms with E-state index in [0.29, 0.717) is 11.5 Å². The van der Waals surface area contributed by atoms with Gasteiger partial charge in [-0.05, 0) is 18.8 Å². The molecule has 0 N–H and O–H groups in total. The van der Waals surface area contributed by atoms with E-state index in [0.717, 1.165) is 13.0 Å². The minimum Gasteiger partial charge on any atom is -0.378 e. The lowest BCUT2D eigenvalue weighted by Crippen LogP contribution is -2.19. The number of hydrogen-bond acceptors (Lipinski definition) is 1. The van der Waals surface area contributed by atoms with E-state index in [4.69, 9.17) is 4.74 Å². The molecule has 0 radical (unpaired) electrons. The second-order valence-corrected chi connectivity index (χ2v) is 4.09. The predicted octanol–water partition coefficient (Wildman–Crippen LogP) is 2.85. The third-order valence-corrected chi connectivity index (χ3v) is 1.38. The van der Waals surface area contributed by atoms with Crippen molar-refractivity contribution in [3.05, 3.63) is 0 Å². The molecule has 0 saturated carbocycles. The van der Waals surface area contributed by atoms with Crippen LogP contribution >= 0.6 is 0 Å². The highest BCUT2D eigenvalue weighted by molar-refractivity contribution is 4.60. The van der Waals surface area contributed by atoms with Gasteiger partial charge in [-0.2, -0.15) is 0 Å².